The lowest BCUT2D eigenvalue weighted by Gasteiger charge is -2.06. The zero-order chi connectivity index (χ0) is 13.8. The molecule has 0 aliphatic heterocycles. The lowest BCUT2D eigenvalue weighted by atomic mass is 10.2. The number of aromatic nitrogens is 1. The van der Waals surface area contributed by atoms with Crippen LogP contribution in [0.1, 0.15) is 21.1 Å². The first-order valence-corrected chi connectivity index (χ1v) is 6.88. The topological polar surface area (TPSA) is 86.0 Å². The van der Waals surface area contributed by atoms with E-state index in [1.807, 2.05) is 0 Å². The molecule has 0 amide bonds. The summed E-state index contributed by atoms with van der Waals surface area (Å²) in [5, 5.41) is 22.6. The van der Waals surface area contributed by atoms with E-state index in [-0.39, 0.29) is 5.01 Å². The third kappa shape index (κ3) is 3.30. The largest absolute Gasteiger partial charge is 0.476 e. The van der Waals surface area contributed by atoms with Gasteiger partial charge in [0, 0.05) is 9.85 Å². The van der Waals surface area contributed by atoms with E-state index >= 15 is 0 Å². The molecular formula is C12H8BrN3O2S. The highest BCUT2D eigenvalue weighted by Crippen LogP contribution is 2.21. The minimum absolute atomic E-state index is 0.0616. The molecule has 2 N–H and O–H groups in total. The van der Waals surface area contributed by atoms with E-state index in [4.69, 9.17) is 10.4 Å². The number of thiazole rings is 1. The normalized spacial score (nSPS) is 9.89. The smallest absolute Gasteiger partial charge is 0.365 e. The highest BCUT2D eigenvalue weighted by atomic mass is 79.9. The molecule has 96 valence electrons. The Labute approximate surface area is 121 Å². The maximum Gasteiger partial charge on any atom is 0.365 e. The van der Waals surface area contributed by atoms with Gasteiger partial charge in [0.05, 0.1) is 23.5 Å². The molecule has 5 nitrogen and oxygen atoms in total. The SMILES string of the molecule is N#Cc1ccc(Br)cc1NCc1csc(C(=O)O)n1. The van der Waals surface area contributed by atoms with E-state index in [0.717, 1.165) is 15.8 Å². The Bertz CT molecular complexity index is 663. The van der Waals surface area contributed by atoms with Gasteiger partial charge in [-0.05, 0) is 18.2 Å². The second kappa shape index (κ2) is 5.82. The minimum atomic E-state index is -1.03. The number of carbonyl (C=O) groups is 1. The molecule has 0 bridgehead atoms. The summed E-state index contributed by atoms with van der Waals surface area (Å²) in [6.45, 7) is 0.370. The van der Waals surface area contributed by atoms with Gasteiger partial charge in [-0.2, -0.15) is 5.26 Å². The number of benzene rings is 1. The van der Waals surface area contributed by atoms with E-state index in [1.54, 1.807) is 23.6 Å². The van der Waals surface area contributed by atoms with Crippen molar-refractivity contribution in [2.45, 2.75) is 6.54 Å². The first-order chi connectivity index (χ1) is 9.10. The average molecular weight is 338 g/mol. The number of nitrogens with one attached hydrogen (secondary N) is 1. The molecule has 0 radical (unpaired) electrons. The molecule has 0 spiro atoms. The van der Waals surface area contributed by atoms with Gasteiger partial charge in [0.1, 0.15) is 6.07 Å². The number of anilines is 1. The zero-order valence-electron chi connectivity index (χ0n) is 9.55. The fourth-order valence-corrected chi connectivity index (χ4v) is 2.45. The molecule has 0 unspecified atom stereocenters. The van der Waals surface area contributed by atoms with E-state index in [2.05, 4.69) is 32.3 Å². The number of hydrogen-bond acceptors (Lipinski definition) is 5. The molecular weight excluding hydrogens is 330 g/mol. The molecule has 1 aromatic carbocycles. The minimum Gasteiger partial charge on any atom is -0.476 e. The van der Waals surface area contributed by atoms with Crippen LogP contribution in [0.4, 0.5) is 5.69 Å². The van der Waals surface area contributed by atoms with Crippen LogP contribution in [0.25, 0.3) is 0 Å². The summed E-state index contributed by atoms with van der Waals surface area (Å²) in [6.07, 6.45) is 0. The lowest BCUT2D eigenvalue weighted by Crippen LogP contribution is -2.03. The van der Waals surface area contributed by atoms with E-state index in [0.29, 0.717) is 23.5 Å². The number of halogens is 1. The van der Waals surface area contributed by atoms with Crippen LogP contribution in [0.3, 0.4) is 0 Å². The van der Waals surface area contributed by atoms with Crippen LogP contribution in [0.15, 0.2) is 28.1 Å². The molecule has 0 saturated carbocycles. The number of carboxylic acids is 1. The third-order valence-electron chi connectivity index (χ3n) is 2.30. The zero-order valence-corrected chi connectivity index (χ0v) is 12.0. The van der Waals surface area contributed by atoms with E-state index in [9.17, 15) is 4.79 Å². The molecule has 1 heterocycles. The van der Waals surface area contributed by atoms with Gasteiger partial charge in [-0.25, -0.2) is 9.78 Å². The molecule has 19 heavy (non-hydrogen) atoms. The molecule has 0 atom stereocenters. The number of rotatable bonds is 4. The average Bonchev–Trinajstić information content (AvgIpc) is 2.85. The molecule has 0 fully saturated rings. The van der Waals surface area contributed by atoms with Crippen LogP contribution in [0.2, 0.25) is 0 Å². The van der Waals surface area contributed by atoms with Crippen LogP contribution >= 0.6 is 27.3 Å². The highest BCUT2D eigenvalue weighted by Gasteiger charge is 2.09. The molecule has 2 aromatic rings. The summed E-state index contributed by atoms with van der Waals surface area (Å²) in [5.74, 6) is -1.03. The Kier molecular flexibility index (Phi) is 4.14. The summed E-state index contributed by atoms with van der Waals surface area (Å²) in [4.78, 5) is 14.7. The van der Waals surface area contributed by atoms with Gasteiger partial charge in [0.2, 0.25) is 5.01 Å². The summed E-state index contributed by atoms with van der Waals surface area (Å²) in [5.41, 5.74) is 1.84. The number of nitrogens with zero attached hydrogens (tertiary/aromatic N) is 2. The van der Waals surface area contributed by atoms with Crippen LogP contribution in [-0.4, -0.2) is 16.1 Å². The summed E-state index contributed by atoms with van der Waals surface area (Å²) in [6, 6.07) is 7.37. The molecule has 2 rings (SSSR count). The monoisotopic (exact) mass is 337 g/mol. The Morgan fingerprint density at radius 1 is 1.58 bits per heavy atom. The maximum atomic E-state index is 10.7. The van der Waals surface area contributed by atoms with Crippen LogP contribution in [0.5, 0.6) is 0 Å². The fourth-order valence-electron chi connectivity index (χ4n) is 1.43. The standard InChI is InChI=1S/C12H8BrN3O2S/c13-8-2-1-7(4-14)10(3-8)15-5-9-6-19-11(16-9)12(17)18/h1-3,6,15H,5H2,(H,17,18). The maximum absolute atomic E-state index is 10.7. The van der Waals surface area contributed by atoms with Crippen LogP contribution in [0, 0.1) is 11.3 Å². The predicted molar refractivity (Wildman–Crippen MR) is 75.3 cm³/mol. The Morgan fingerprint density at radius 3 is 3.00 bits per heavy atom. The molecule has 0 saturated heterocycles. The highest BCUT2D eigenvalue weighted by molar-refractivity contribution is 9.10. The van der Waals surface area contributed by atoms with Crippen molar-refractivity contribution < 1.29 is 9.90 Å². The van der Waals surface area contributed by atoms with Crippen molar-refractivity contribution in [2.75, 3.05) is 5.32 Å². The van der Waals surface area contributed by atoms with Crippen molar-refractivity contribution in [3.63, 3.8) is 0 Å². The Morgan fingerprint density at radius 2 is 2.37 bits per heavy atom. The Balaban J connectivity index is 2.12. The second-order valence-corrected chi connectivity index (χ2v) is 5.38. The van der Waals surface area contributed by atoms with Crippen molar-refractivity contribution >= 4 is 38.9 Å². The first-order valence-electron chi connectivity index (χ1n) is 5.21. The molecule has 0 aliphatic carbocycles. The van der Waals surface area contributed by atoms with Gasteiger partial charge < -0.3 is 10.4 Å². The van der Waals surface area contributed by atoms with Gasteiger partial charge in [0.25, 0.3) is 0 Å². The molecule has 1 aromatic heterocycles. The van der Waals surface area contributed by atoms with E-state index in [1.165, 1.54) is 0 Å². The van der Waals surface area contributed by atoms with E-state index < -0.39 is 5.97 Å². The number of nitriles is 1. The van der Waals surface area contributed by atoms with Crippen molar-refractivity contribution in [2.24, 2.45) is 0 Å². The predicted octanol–water partition coefficient (Wildman–Crippen LogP) is 3.09. The van der Waals surface area contributed by atoms with Crippen LogP contribution in [-0.2, 0) is 6.54 Å². The number of aromatic carboxylic acids is 1. The van der Waals surface area contributed by atoms with Crippen molar-refractivity contribution in [1.29, 1.82) is 5.26 Å². The number of carboxylic acid groups (broad SMARTS) is 1. The fraction of sp³-hybridized carbons (Fsp3) is 0.0833. The number of hydrogen-bond donors (Lipinski definition) is 2. The van der Waals surface area contributed by atoms with Crippen LogP contribution < -0.4 is 5.32 Å². The van der Waals surface area contributed by atoms with Crippen molar-refractivity contribution in [1.82, 2.24) is 4.98 Å². The van der Waals surface area contributed by atoms with Gasteiger partial charge in [-0.1, -0.05) is 15.9 Å². The quantitative estimate of drug-likeness (QED) is 0.895. The third-order valence-corrected chi connectivity index (χ3v) is 3.67. The summed E-state index contributed by atoms with van der Waals surface area (Å²) >= 11 is 4.42. The van der Waals surface area contributed by atoms with Gasteiger partial charge in [-0.3, -0.25) is 0 Å². The van der Waals surface area contributed by atoms with Crippen molar-refractivity contribution in [3.8, 4) is 6.07 Å². The molecule has 7 heteroatoms. The van der Waals surface area contributed by atoms with Gasteiger partial charge in [-0.15, -0.1) is 11.3 Å². The molecule has 0 aliphatic rings. The Hall–Kier alpha value is -1.91. The lowest BCUT2D eigenvalue weighted by molar-refractivity contribution is 0.0696. The first kappa shape index (κ1) is 13.5. The summed E-state index contributed by atoms with van der Waals surface area (Å²) in [7, 11) is 0. The van der Waals surface area contributed by atoms with Gasteiger partial charge >= 0.3 is 5.97 Å². The second-order valence-electron chi connectivity index (χ2n) is 3.60. The summed E-state index contributed by atoms with van der Waals surface area (Å²) < 4.78 is 0.860. The van der Waals surface area contributed by atoms with Crippen molar-refractivity contribution in [3.05, 3.63) is 44.3 Å². The van der Waals surface area contributed by atoms with Gasteiger partial charge in [0.15, 0.2) is 0 Å².